The third-order valence-electron chi connectivity index (χ3n) is 3.44. The van der Waals surface area contributed by atoms with E-state index < -0.39 is 0 Å². The summed E-state index contributed by atoms with van der Waals surface area (Å²) in [6, 6.07) is 0. The molecule has 1 N–H and O–H groups in total. The zero-order valence-corrected chi connectivity index (χ0v) is 12.4. The molecule has 1 aliphatic rings. The first-order valence-corrected chi connectivity index (χ1v) is 7.59. The van der Waals surface area contributed by atoms with Gasteiger partial charge in [-0.25, -0.2) is 19.6 Å². The van der Waals surface area contributed by atoms with Crippen LogP contribution in [0.15, 0.2) is 17.7 Å². The number of fused-ring (bicyclic) bond motifs is 1. The normalized spacial score (nSPS) is 18.5. The zero-order chi connectivity index (χ0) is 15.0. The number of hydrogen-bond acceptors (Lipinski definition) is 6. The van der Waals surface area contributed by atoms with E-state index in [9.17, 15) is 9.59 Å². The Bertz CT molecular complexity index is 715. The maximum Gasteiger partial charge on any atom is 0.244 e. The minimum Gasteiger partial charge on any atom is -0.345 e. The maximum absolute atomic E-state index is 12.2. The van der Waals surface area contributed by atoms with Gasteiger partial charge >= 0.3 is 0 Å². The molecule has 8 nitrogen and oxygen atoms in total. The second-order valence-electron chi connectivity index (χ2n) is 4.82. The number of carbonyl (C=O) groups is 2. The van der Waals surface area contributed by atoms with Crippen LogP contribution in [0.1, 0.15) is 6.42 Å². The van der Waals surface area contributed by atoms with Gasteiger partial charge in [-0.15, -0.1) is 11.8 Å². The Balaban J connectivity index is 1.82. The Morgan fingerprint density at radius 1 is 1.43 bits per heavy atom. The summed E-state index contributed by atoms with van der Waals surface area (Å²) < 4.78 is 1.47. The zero-order valence-electron chi connectivity index (χ0n) is 11.6. The molecule has 2 amide bonds. The molecule has 2 aromatic rings. The number of likely N-dealkylation sites (tertiary alicyclic amines) is 1. The second-order valence-corrected chi connectivity index (χ2v) is 5.62. The highest BCUT2D eigenvalue weighted by atomic mass is 32.2. The topological polar surface area (TPSA) is 93.0 Å². The summed E-state index contributed by atoms with van der Waals surface area (Å²) in [4.78, 5) is 37.8. The molecule has 1 saturated heterocycles. The average molecular weight is 306 g/mol. The largest absolute Gasteiger partial charge is 0.345 e. The monoisotopic (exact) mass is 306 g/mol. The molecule has 0 aliphatic carbocycles. The van der Waals surface area contributed by atoms with Gasteiger partial charge in [0.2, 0.25) is 11.8 Å². The van der Waals surface area contributed by atoms with Crippen molar-refractivity contribution in [3.8, 4) is 0 Å². The molecule has 1 fully saturated rings. The minimum absolute atomic E-state index is 0.0161. The number of aromatic nitrogens is 4. The third-order valence-corrected chi connectivity index (χ3v) is 4.12. The van der Waals surface area contributed by atoms with Gasteiger partial charge in [0.15, 0.2) is 5.65 Å². The van der Waals surface area contributed by atoms with Gasteiger partial charge < -0.3 is 4.90 Å². The standard InChI is InChI=1S/C12H14N6O2S/c1-17-4-7(3-8(17)19)11(20)16-18-6-15-9-10(18)13-5-14-12(9)21-2/h5-7H,3-4H2,1-2H3,(H,16,20). The Hall–Kier alpha value is -2.16. The predicted molar refractivity (Wildman–Crippen MR) is 77.2 cm³/mol. The summed E-state index contributed by atoms with van der Waals surface area (Å²) in [5, 5.41) is 0.753. The highest BCUT2D eigenvalue weighted by Gasteiger charge is 2.32. The van der Waals surface area contributed by atoms with Gasteiger partial charge in [0.25, 0.3) is 0 Å². The van der Waals surface area contributed by atoms with Gasteiger partial charge in [-0.3, -0.25) is 15.0 Å². The lowest BCUT2D eigenvalue weighted by atomic mass is 10.1. The van der Waals surface area contributed by atoms with Crippen LogP contribution < -0.4 is 5.43 Å². The quantitative estimate of drug-likeness (QED) is 0.638. The SMILES string of the molecule is CSc1ncnc2c1ncn2NC(=O)C1CC(=O)N(C)C1. The van der Waals surface area contributed by atoms with Crippen molar-refractivity contribution in [1.29, 1.82) is 0 Å². The lowest BCUT2D eigenvalue weighted by Crippen LogP contribution is -2.30. The number of hydrogen-bond donors (Lipinski definition) is 1. The van der Waals surface area contributed by atoms with Crippen molar-refractivity contribution in [2.24, 2.45) is 5.92 Å². The molecule has 3 heterocycles. The smallest absolute Gasteiger partial charge is 0.244 e. The highest BCUT2D eigenvalue weighted by Crippen LogP contribution is 2.21. The van der Waals surface area contributed by atoms with Gasteiger partial charge in [0.05, 0.1) is 5.92 Å². The van der Waals surface area contributed by atoms with Crippen molar-refractivity contribution in [3.05, 3.63) is 12.7 Å². The van der Waals surface area contributed by atoms with E-state index in [1.807, 2.05) is 6.26 Å². The first-order valence-electron chi connectivity index (χ1n) is 6.37. The molecule has 21 heavy (non-hydrogen) atoms. The summed E-state index contributed by atoms with van der Waals surface area (Å²) >= 11 is 1.47. The summed E-state index contributed by atoms with van der Waals surface area (Å²) in [5.41, 5.74) is 3.92. The molecule has 9 heteroatoms. The number of rotatable bonds is 3. The first-order chi connectivity index (χ1) is 10.1. The molecule has 0 bridgehead atoms. The van der Waals surface area contributed by atoms with Crippen molar-refractivity contribution in [1.82, 2.24) is 24.5 Å². The molecule has 1 atom stereocenters. The van der Waals surface area contributed by atoms with E-state index in [1.165, 1.54) is 29.1 Å². The second kappa shape index (κ2) is 5.32. The number of carbonyl (C=O) groups excluding carboxylic acids is 2. The van der Waals surface area contributed by atoms with Gasteiger partial charge in [0, 0.05) is 20.0 Å². The van der Waals surface area contributed by atoms with Crippen molar-refractivity contribution in [2.45, 2.75) is 11.4 Å². The van der Waals surface area contributed by atoms with Gasteiger partial charge in [0.1, 0.15) is 23.2 Å². The van der Waals surface area contributed by atoms with Crippen LogP contribution in [0.25, 0.3) is 11.2 Å². The summed E-state index contributed by atoms with van der Waals surface area (Å²) in [7, 11) is 1.69. The molecule has 1 unspecified atom stereocenters. The fourth-order valence-corrected chi connectivity index (χ4v) is 2.78. The van der Waals surface area contributed by atoms with E-state index in [0.29, 0.717) is 17.7 Å². The molecule has 0 aromatic carbocycles. The Morgan fingerprint density at radius 2 is 2.24 bits per heavy atom. The fourth-order valence-electron chi connectivity index (χ4n) is 2.29. The molecule has 0 spiro atoms. The lowest BCUT2D eigenvalue weighted by molar-refractivity contribution is -0.127. The highest BCUT2D eigenvalue weighted by molar-refractivity contribution is 7.98. The number of imidazole rings is 1. The molecular formula is C12H14N6O2S. The number of thioether (sulfide) groups is 1. The van der Waals surface area contributed by atoms with Crippen LogP contribution in [0.5, 0.6) is 0 Å². The molecular weight excluding hydrogens is 292 g/mol. The summed E-state index contributed by atoms with van der Waals surface area (Å²) in [6.45, 7) is 0.433. The lowest BCUT2D eigenvalue weighted by Gasteiger charge is -2.11. The molecule has 3 rings (SSSR count). The van der Waals surface area contributed by atoms with E-state index in [1.54, 1.807) is 11.9 Å². The number of nitrogens with one attached hydrogen (secondary N) is 1. The Morgan fingerprint density at radius 3 is 2.90 bits per heavy atom. The summed E-state index contributed by atoms with van der Waals surface area (Å²) in [6.07, 6.45) is 5.07. The van der Waals surface area contributed by atoms with Gasteiger partial charge in [-0.1, -0.05) is 0 Å². The van der Waals surface area contributed by atoms with Gasteiger partial charge in [-0.05, 0) is 6.26 Å². The molecule has 0 saturated carbocycles. The van der Waals surface area contributed by atoms with Crippen LogP contribution in [0, 0.1) is 5.92 Å². The number of nitrogens with zero attached hydrogens (tertiary/aromatic N) is 5. The van der Waals surface area contributed by atoms with Crippen LogP contribution in [0.2, 0.25) is 0 Å². The van der Waals surface area contributed by atoms with Crippen LogP contribution in [0.3, 0.4) is 0 Å². The molecule has 2 aromatic heterocycles. The molecule has 0 radical (unpaired) electrons. The Labute approximate surface area is 124 Å². The van der Waals surface area contributed by atoms with Crippen molar-refractivity contribution < 1.29 is 9.59 Å². The maximum atomic E-state index is 12.2. The first kappa shape index (κ1) is 13.8. The predicted octanol–water partition coefficient (Wildman–Crippen LogP) is 0.0966. The minimum atomic E-state index is -0.346. The van der Waals surface area contributed by atoms with E-state index in [-0.39, 0.29) is 24.2 Å². The average Bonchev–Trinajstić information content (AvgIpc) is 3.03. The Kier molecular flexibility index (Phi) is 3.50. The summed E-state index contributed by atoms with van der Waals surface area (Å²) in [5.74, 6) is -0.573. The van der Waals surface area contributed by atoms with E-state index in [2.05, 4.69) is 20.4 Å². The molecule has 110 valence electrons. The van der Waals surface area contributed by atoms with E-state index in [4.69, 9.17) is 0 Å². The van der Waals surface area contributed by atoms with E-state index >= 15 is 0 Å². The van der Waals surface area contributed by atoms with Crippen molar-refractivity contribution in [3.63, 3.8) is 0 Å². The fraction of sp³-hybridized carbons (Fsp3) is 0.417. The molecule has 1 aliphatic heterocycles. The number of amides is 2. The van der Waals surface area contributed by atoms with Crippen LogP contribution in [-0.2, 0) is 9.59 Å². The third kappa shape index (κ3) is 2.44. The van der Waals surface area contributed by atoms with Crippen molar-refractivity contribution >= 4 is 34.7 Å². The van der Waals surface area contributed by atoms with Gasteiger partial charge in [-0.2, -0.15) is 0 Å². The van der Waals surface area contributed by atoms with Crippen molar-refractivity contribution in [2.75, 3.05) is 25.3 Å². The van der Waals surface area contributed by atoms with Crippen LogP contribution >= 0.6 is 11.8 Å². The van der Waals surface area contributed by atoms with E-state index in [0.717, 1.165) is 5.03 Å². The van der Waals surface area contributed by atoms with Crippen LogP contribution in [-0.4, -0.2) is 56.2 Å². The van der Waals surface area contributed by atoms with Crippen LogP contribution in [0.4, 0.5) is 0 Å².